The van der Waals surface area contributed by atoms with E-state index >= 15 is 0 Å². The van der Waals surface area contributed by atoms with Crippen LogP contribution in [0.1, 0.15) is 12.2 Å². The molecule has 17 heavy (non-hydrogen) atoms. The molecule has 0 amide bonds. The van der Waals surface area contributed by atoms with Crippen LogP contribution < -0.4 is 5.32 Å². The minimum atomic E-state index is 0.815. The first-order valence-corrected chi connectivity index (χ1v) is 6.02. The van der Waals surface area contributed by atoms with Crippen LogP contribution in [0, 0.1) is 0 Å². The second-order valence-electron chi connectivity index (χ2n) is 4.29. The standard InChI is InChI=1S/C11H16N6/c1-3-10-14-15-11(17(10)13-5-1)9-16-7-2-4-12-6-8-16/h1,3,5,12H,2,4,6-9H2. The van der Waals surface area contributed by atoms with Crippen LogP contribution in [0.4, 0.5) is 0 Å². The first-order valence-electron chi connectivity index (χ1n) is 6.02. The van der Waals surface area contributed by atoms with E-state index < -0.39 is 0 Å². The molecular weight excluding hydrogens is 216 g/mol. The average Bonchev–Trinajstić information content (AvgIpc) is 2.59. The van der Waals surface area contributed by atoms with Gasteiger partial charge in [0.05, 0.1) is 6.54 Å². The molecule has 1 aliphatic rings. The molecule has 0 radical (unpaired) electrons. The molecule has 6 heteroatoms. The molecule has 0 saturated carbocycles. The van der Waals surface area contributed by atoms with Crippen LogP contribution >= 0.6 is 0 Å². The summed E-state index contributed by atoms with van der Waals surface area (Å²) in [7, 11) is 0. The summed E-state index contributed by atoms with van der Waals surface area (Å²) in [6.07, 6.45) is 2.95. The molecule has 0 bridgehead atoms. The maximum absolute atomic E-state index is 4.28. The lowest BCUT2D eigenvalue weighted by Crippen LogP contribution is -2.28. The van der Waals surface area contributed by atoms with Gasteiger partial charge in [0.1, 0.15) is 0 Å². The zero-order valence-corrected chi connectivity index (χ0v) is 9.71. The zero-order valence-electron chi connectivity index (χ0n) is 9.71. The Hall–Kier alpha value is -1.53. The van der Waals surface area contributed by atoms with Gasteiger partial charge in [-0.15, -0.1) is 10.2 Å². The second kappa shape index (κ2) is 4.77. The summed E-state index contributed by atoms with van der Waals surface area (Å²) in [4.78, 5) is 2.39. The molecule has 1 fully saturated rings. The maximum atomic E-state index is 4.28. The maximum Gasteiger partial charge on any atom is 0.177 e. The predicted molar refractivity (Wildman–Crippen MR) is 63.5 cm³/mol. The van der Waals surface area contributed by atoms with Crippen molar-refractivity contribution in [3.63, 3.8) is 0 Å². The van der Waals surface area contributed by atoms with E-state index in [0.29, 0.717) is 0 Å². The number of nitrogens with zero attached hydrogens (tertiary/aromatic N) is 5. The SMILES string of the molecule is c1cnn2c(CN3CCCNCC3)nnc2c1. The van der Waals surface area contributed by atoms with E-state index in [0.717, 1.165) is 44.2 Å². The fourth-order valence-electron chi connectivity index (χ4n) is 2.15. The van der Waals surface area contributed by atoms with Crippen molar-refractivity contribution in [2.45, 2.75) is 13.0 Å². The molecule has 3 rings (SSSR count). The number of hydrogen-bond donors (Lipinski definition) is 1. The third kappa shape index (κ3) is 2.27. The van der Waals surface area contributed by atoms with Crippen LogP contribution in [-0.2, 0) is 6.54 Å². The van der Waals surface area contributed by atoms with Crippen molar-refractivity contribution < 1.29 is 0 Å². The Morgan fingerprint density at radius 2 is 2.24 bits per heavy atom. The highest BCUT2D eigenvalue weighted by molar-refractivity contribution is 5.34. The van der Waals surface area contributed by atoms with Crippen molar-refractivity contribution >= 4 is 5.65 Å². The van der Waals surface area contributed by atoms with Gasteiger partial charge in [0.2, 0.25) is 0 Å². The van der Waals surface area contributed by atoms with Gasteiger partial charge in [-0.1, -0.05) is 0 Å². The number of nitrogens with one attached hydrogen (secondary N) is 1. The Labute approximate surface area is 99.6 Å². The van der Waals surface area contributed by atoms with Gasteiger partial charge in [0, 0.05) is 19.3 Å². The van der Waals surface area contributed by atoms with Crippen molar-refractivity contribution in [1.29, 1.82) is 0 Å². The summed E-state index contributed by atoms with van der Waals surface area (Å²) in [6, 6.07) is 3.80. The Balaban J connectivity index is 1.79. The van der Waals surface area contributed by atoms with E-state index in [9.17, 15) is 0 Å². The quantitative estimate of drug-likeness (QED) is 0.785. The molecule has 0 atom stereocenters. The van der Waals surface area contributed by atoms with Gasteiger partial charge < -0.3 is 5.32 Å². The lowest BCUT2D eigenvalue weighted by Gasteiger charge is -2.17. The fraction of sp³-hybridized carbons (Fsp3) is 0.545. The Morgan fingerprint density at radius 1 is 1.24 bits per heavy atom. The van der Waals surface area contributed by atoms with Crippen molar-refractivity contribution in [2.24, 2.45) is 0 Å². The molecule has 6 nitrogen and oxygen atoms in total. The minimum Gasteiger partial charge on any atom is -0.315 e. The van der Waals surface area contributed by atoms with Gasteiger partial charge in [0.25, 0.3) is 0 Å². The highest BCUT2D eigenvalue weighted by Crippen LogP contribution is 2.05. The summed E-state index contributed by atoms with van der Waals surface area (Å²) < 4.78 is 1.82. The van der Waals surface area contributed by atoms with Crippen molar-refractivity contribution in [1.82, 2.24) is 30.0 Å². The fourth-order valence-corrected chi connectivity index (χ4v) is 2.15. The molecule has 1 aliphatic heterocycles. The number of fused-ring (bicyclic) bond motifs is 1. The monoisotopic (exact) mass is 232 g/mol. The highest BCUT2D eigenvalue weighted by atomic mass is 15.4. The van der Waals surface area contributed by atoms with Gasteiger partial charge in [-0.05, 0) is 31.6 Å². The zero-order chi connectivity index (χ0) is 11.5. The summed E-state index contributed by atoms with van der Waals surface area (Å²) in [5, 5.41) is 16.0. The molecule has 3 heterocycles. The van der Waals surface area contributed by atoms with Crippen LogP contribution in [0.2, 0.25) is 0 Å². The summed E-state index contributed by atoms with van der Waals surface area (Å²) in [5.41, 5.74) is 0.815. The highest BCUT2D eigenvalue weighted by Gasteiger charge is 2.13. The van der Waals surface area contributed by atoms with E-state index in [1.54, 1.807) is 6.20 Å². The smallest absolute Gasteiger partial charge is 0.177 e. The lowest BCUT2D eigenvalue weighted by molar-refractivity contribution is 0.275. The molecule has 2 aromatic rings. The van der Waals surface area contributed by atoms with Crippen LogP contribution in [0.3, 0.4) is 0 Å². The number of aromatic nitrogens is 4. The van der Waals surface area contributed by atoms with Gasteiger partial charge in [-0.3, -0.25) is 4.90 Å². The first-order chi connectivity index (χ1) is 8.43. The van der Waals surface area contributed by atoms with Gasteiger partial charge in [-0.2, -0.15) is 9.61 Å². The van der Waals surface area contributed by atoms with E-state index in [2.05, 4.69) is 25.5 Å². The molecule has 0 unspecified atom stereocenters. The van der Waals surface area contributed by atoms with Crippen LogP contribution in [0.5, 0.6) is 0 Å². The molecule has 1 N–H and O–H groups in total. The number of hydrogen-bond acceptors (Lipinski definition) is 5. The summed E-state index contributed by atoms with van der Waals surface area (Å²) >= 11 is 0. The third-order valence-electron chi connectivity index (χ3n) is 3.04. The van der Waals surface area contributed by atoms with Crippen LogP contribution in [-0.4, -0.2) is 50.9 Å². The molecule has 0 spiro atoms. The summed E-state index contributed by atoms with van der Waals surface area (Å²) in [6.45, 7) is 5.13. The Kier molecular flexibility index (Phi) is 2.98. The normalized spacial score (nSPS) is 18.4. The van der Waals surface area contributed by atoms with Gasteiger partial charge >= 0.3 is 0 Å². The largest absolute Gasteiger partial charge is 0.315 e. The summed E-state index contributed by atoms with van der Waals surface area (Å²) in [5.74, 6) is 0.919. The van der Waals surface area contributed by atoms with E-state index in [1.807, 2.05) is 16.6 Å². The van der Waals surface area contributed by atoms with E-state index in [1.165, 1.54) is 6.42 Å². The van der Waals surface area contributed by atoms with E-state index in [4.69, 9.17) is 0 Å². The molecule has 1 saturated heterocycles. The molecule has 2 aromatic heterocycles. The minimum absolute atomic E-state index is 0.815. The van der Waals surface area contributed by atoms with Crippen LogP contribution in [0.25, 0.3) is 5.65 Å². The number of rotatable bonds is 2. The molecule has 0 aliphatic carbocycles. The van der Waals surface area contributed by atoms with E-state index in [-0.39, 0.29) is 0 Å². The van der Waals surface area contributed by atoms with Gasteiger partial charge in [-0.25, -0.2) is 0 Å². The van der Waals surface area contributed by atoms with Crippen molar-refractivity contribution in [2.75, 3.05) is 26.2 Å². The first kappa shape index (κ1) is 10.6. The van der Waals surface area contributed by atoms with Crippen LogP contribution in [0.15, 0.2) is 18.3 Å². The Morgan fingerprint density at radius 3 is 3.24 bits per heavy atom. The van der Waals surface area contributed by atoms with Crippen molar-refractivity contribution in [3.8, 4) is 0 Å². The molecular formula is C11H16N6. The average molecular weight is 232 g/mol. The molecule has 0 aromatic carbocycles. The lowest BCUT2D eigenvalue weighted by atomic mass is 10.4. The third-order valence-corrected chi connectivity index (χ3v) is 3.04. The second-order valence-corrected chi connectivity index (χ2v) is 4.29. The molecule has 90 valence electrons. The predicted octanol–water partition coefficient (Wildman–Crippen LogP) is -0.0804. The van der Waals surface area contributed by atoms with Crippen molar-refractivity contribution in [3.05, 3.63) is 24.2 Å². The Bertz CT molecular complexity index is 485. The van der Waals surface area contributed by atoms with Gasteiger partial charge in [0.15, 0.2) is 11.5 Å². The topological polar surface area (TPSA) is 58.4 Å².